The maximum atomic E-state index is 9.00. The summed E-state index contributed by atoms with van der Waals surface area (Å²) >= 11 is 1.11. The molecule has 0 N–H and O–H groups in total. The molecule has 0 bridgehead atoms. The molecule has 3 heterocycles. The van der Waals surface area contributed by atoms with E-state index in [1.807, 2.05) is 30.3 Å². The first-order valence-corrected chi connectivity index (χ1v) is 17.0. The number of nitrogens with zero attached hydrogens (tertiary/aromatic N) is 2. The van der Waals surface area contributed by atoms with Crippen LogP contribution in [0.4, 0.5) is 0 Å². The highest BCUT2D eigenvalue weighted by atomic mass is 32.1. The summed E-state index contributed by atoms with van der Waals surface area (Å²) < 4.78 is 67.4. The van der Waals surface area contributed by atoms with Crippen molar-refractivity contribution in [2.45, 2.75) is 0 Å². The minimum atomic E-state index is -0.401. The summed E-state index contributed by atoms with van der Waals surface area (Å²) in [7, 11) is 0. The Hall–Kier alpha value is -6.36. The summed E-state index contributed by atoms with van der Waals surface area (Å²) in [6.45, 7) is 0. The Bertz CT molecular complexity index is 3540. The van der Waals surface area contributed by atoms with Crippen LogP contribution in [0.5, 0.6) is 0 Å². The molecule has 11 aromatic rings. The number of fused-ring (bicyclic) bond motifs is 12. The summed E-state index contributed by atoms with van der Waals surface area (Å²) in [5, 5.41) is 8.55. The van der Waals surface area contributed by atoms with Crippen molar-refractivity contribution in [3.8, 4) is 33.5 Å². The summed E-state index contributed by atoms with van der Waals surface area (Å²) in [5.74, 6) is 0. The Morgan fingerprint density at radius 2 is 1.18 bits per heavy atom. The summed E-state index contributed by atoms with van der Waals surface area (Å²) in [6, 6.07) is 35.3. The van der Waals surface area contributed by atoms with Gasteiger partial charge < -0.3 is 4.42 Å². The molecule has 0 amide bonds. The SMILES string of the molecule is [2H]c1c([2H])c([2H])c2c(sc3c(-c4cccc(-c5ncnc6c5oc5ccc(-c7ccc8c9ccccc9c9ccccc9c8c7)cc56)c4)c([2H])c([2H])c([2H])c32)c1[2H]. The van der Waals surface area contributed by atoms with Gasteiger partial charge in [0.15, 0.2) is 5.58 Å². The first-order valence-electron chi connectivity index (χ1n) is 19.7. The second-order valence-electron chi connectivity index (χ2n) is 12.4. The first-order chi connectivity index (χ1) is 27.7. The highest BCUT2D eigenvalue weighted by molar-refractivity contribution is 7.26. The molecule has 50 heavy (non-hydrogen) atoms. The van der Waals surface area contributed by atoms with Crippen LogP contribution in [0, 0.1) is 0 Å². The van der Waals surface area contributed by atoms with E-state index in [0.717, 1.165) is 27.8 Å². The van der Waals surface area contributed by atoms with E-state index >= 15 is 0 Å². The molecule has 0 radical (unpaired) electrons. The van der Waals surface area contributed by atoms with Crippen molar-refractivity contribution in [3.05, 3.63) is 158 Å². The minimum absolute atomic E-state index is 0.162. The van der Waals surface area contributed by atoms with E-state index in [4.69, 9.17) is 14.0 Å². The largest absolute Gasteiger partial charge is 0.452 e. The van der Waals surface area contributed by atoms with E-state index in [-0.39, 0.29) is 51.7 Å². The highest BCUT2D eigenvalue weighted by Crippen LogP contribution is 2.42. The number of hydrogen-bond donors (Lipinski definition) is 0. The van der Waals surface area contributed by atoms with Crippen molar-refractivity contribution in [1.29, 1.82) is 0 Å². The second-order valence-corrected chi connectivity index (χ2v) is 13.4. The molecule has 0 saturated carbocycles. The molecular weight excluding hydrogens is 629 g/mol. The molecule has 0 saturated heterocycles. The third-order valence-electron chi connectivity index (χ3n) is 9.69. The molecule has 0 atom stereocenters. The lowest BCUT2D eigenvalue weighted by atomic mass is 9.92. The van der Waals surface area contributed by atoms with Gasteiger partial charge in [-0.15, -0.1) is 11.3 Å². The van der Waals surface area contributed by atoms with Crippen molar-refractivity contribution < 1.29 is 14.0 Å². The number of hydrogen-bond acceptors (Lipinski definition) is 4. The molecule has 0 spiro atoms. The van der Waals surface area contributed by atoms with Crippen LogP contribution in [-0.4, -0.2) is 9.97 Å². The number of benzene rings is 8. The van der Waals surface area contributed by atoms with Gasteiger partial charge in [0.2, 0.25) is 0 Å². The zero-order chi connectivity index (χ0) is 38.9. The van der Waals surface area contributed by atoms with Gasteiger partial charge in [-0.1, -0.05) is 121 Å². The van der Waals surface area contributed by atoms with Gasteiger partial charge in [-0.05, 0) is 84.9 Å². The lowest BCUT2D eigenvalue weighted by Crippen LogP contribution is -1.88. The number of aromatic nitrogens is 2. The highest BCUT2D eigenvalue weighted by Gasteiger charge is 2.18. The molecule has 4 heteroatoms. The minimum Gasteiger partial charge on any atom is -0.452 e. The quantitative estimate of drug-likeness (QED) is 0.177. The summed E-state index contributed by atoms with van der Waals surface area (Å²) in [6.07, 6.45) is 1.51. The van der Waals surface area contributed by atoms with E-state index in [1.54, 1.807) is 0 Å². The average Bonchev–Trinajstić information content (AvgIpc) is 3.83. The van der Waals surface area contributed by atoms with Crippen LogP contribution in [0.2, 0.25) is 0 Å². The van der Waals surface area contributed by atoms with Gasteiger partial charge >= 0.3 is 0 Å². The Morgan fingerprint density at radius 3 is 2.00 bits per heavy atom. The molecule has 0 aliphatic carbocycles. The van der Waals surface area contributed by atoms with Crippen LogP contribution < -0.4 is 0 Å². The van der Waals surface area contributed by atoms with Crippen molar-refractivity contribution in [2.24, 2.45) is 0 Å². The monoisotopic (exact) mass is 661 g/mol. The number of thiophene rings is 1. The van der Waals surface area contributed by atoms with E-state index in [9.17, 15) is 0 Å². The van der Waals surface area contributed by atoms with E-state index in [2.05, 4.69) is 88.8 Å². The van der Waals surface area contributed by atoms with Crippen molar-refractivity contribution in [3.63, 3.8) is 0 Å². The number of rotatable bonds is 3. The number of furan rings is 1. The molecule has 3 nitrogen and oxygen atoms in total. The maximum absolute atomic E-state index is 9.00. The Balaban J connectivity index is 1.06. The zero-order valence-corrected chi connectivity index (χ0v) is 27.0. The van der Waals surface area contributed by atoms with Crippen LogP contribution in [-0.2, 0) is 0 Å². The Morgan fingerprint density at radius 1 is 0.500 bits per heavy atom. The summed E-state index contributed by atoms with van der Waals surface area (Å²) in [4.78, 5) is 9.34. The van der Waals surface area contributed by atoms with Crippen LogP contribution >= 0.6 is 11.3 Å². The third-order valence-corrected chi connectivity index (χ3v) is 10.8. The van der Waals surface area contributed by atoms with Gasteiger partial charge in [0.05, 0.1) is 9.60 Å². The Labute approximate surface area is 300 Å². The van der Waals surface area contributed by atoms with Gasteiger partial charge in [0.1, 0.15) is 23.1 Å². The lowest BCUT2D eigenvalue weighted by Gasteiger charge is -2.12. The van der Waals surface area contributed by atoms with Gasteiger partial charge in [-0.2, -0.15) is 0 Å². The molecule has 0 aliphatic heterocycles. The molecule has 3 aromatic heterocycles. The molecule has 0 aliphatic rings. The van der Waals surface area contributed by atoms with Crippen molar-refractivity contribution in [1.82, 2.24) is 9.97 Å². The van der Waals surface area contributed by atoms with Gasteiger partial charge in [-0.3, -0.25) is 0 Å². The topological polar surface area (TPSA) is 38.9 Å². The maximum Gasteiger partial charge on any atom is 0.180 e. The molecule has 232 valence electrons. The van der Waals surface area contributed by atoms with Crippen LogP contribution in [0.15, 0.2) is 162 Å². The van der Waals surface area contributed by atoms with E-state index in [1.165, 1.54) is 38.6 Å². The van der Waals surface area contributed by atoms with Crippen molar-refractivity contribution >= 4 is 85.9 Å². The van der Waals surface area contributed by atoms with Crippen molar-refractivity contribution in [2.75, 3.05) is 0 Å². The fourth-order valence-electron chi connectivity index (χ4n) is 7.40. The second kappa shape index (κ2) is 10.6. The normalized spacial score (nSPS) is 14.0. The smallest absolute Gasteiger partial charge is 0.180 e. The van der Waals surface area contributed by atoms with Gasteiger partial charge in [-0.25, -0.2) is 9.97 Å². The van der Waals surface area contributed by atoms with E-state index in [0.29, 0.717) is 43.8 Å². The predicted molar refractivity (Wildman–Crippen MR) is 211 cm³/mol. The van der Waals surface area contributed by atoms with E-state index < -0.39 is 6.04 Å². The van der Waals surface area contributed by atoms with Crippen LogP contribution in [0.3, 0.4) is 0 Å². The van der Waals surface area contributed by atoms with Gasteiger partial charge in [0.25, 0.3) is 0 Å². The third kappa shape index (κ3) is 4.03. The van der Waals surface area contributed by atoms with Crippen LogP contribution in [0.1, 0.15) is 9.60 Å². The van der Waals surface area contributed by atoms with Gasteiger partial charge in [0, 0.05) is 31.1 Å². The summed E-state index contributed by atoms with van der Waals surface area (Å²) in [5.41, 5.74) is 6.10. The molecular formula is C46H26N2OS. The molecule has 8 aromatic carbocycles. The Kier molecular flexibility index (Phi) is 4.56. The van der Waals surface area contributed by atoms with Crippen LogP contribution in [0.25, 0.3) is 108 Å². The zero-order valence-electron chi connectivity index (χ0n) is 33.2. The average molecular weight is 662 g/mol. The fourth-order valence-corrected chi connectivity index (χ4v) is 8.49. The standard InChI is InChI=1S/C46H26N2OS/c1-2-13-34-32(11-1)33-12-3-4-14-35(33)39-24-27(19-21-36(34)39)28-20-22-41-40(25-28)44-45(49-41)43(47-26-48-44)30-10-7-9-29(23-30)31-16-8-17-38-37-15-5-6-18-42(37)50-46(31)38/h1-26H/i5D,6D,8D,15D,16D,17D,18D. The lowest BCUT2D eigenvalue weighted by molar-refractivity contribution is 0.667. The fraction of sp³-hybridized carbons (Fsp3) is 0. The molecule has 11 rings (SSSR count). The predicted octanol–water partition coefficient (Wildman–Crippen LogP) is 13.2. The molecule has 0 fully saturated rings. The molecule has 0 unspecified atom stereocenters. The first kappa shape index (κ1) is 21.6.